The molecule has 2 unspecified atom stereocenters. The molecule has 1 aromatic rings. The van der Waals surface area contributed by atoms with E-state index in [-0.39, 0.29) is 6.04 Å². The summed E-state index contributed by atoms with van der Waals surface area (Å²) in [6, 6.07) is 6.27. The summed E-state index contributed by atoms with van der Waals surface area (Å²) in [5, 5.41) is 13.5. The highest BCUT2D eigenvalue weighted by Gasteiger charge is 2.20. The van der Waals surface area contributed by atoms with Crippen molar-refractivity contribution in [2.24, 2.45) is 0 Å². The molecule has 114 valence electrons. The van der Waals surface area contributed by atoms with Crippen LogP contribution in [0.4, 0.5) is 0 Å². The topological polar surface area (TPSA) is 41.5 Å². The minimum atomic E-state index is -0.792. The lowest BCUT2D eigenvalue weighted by atomic mass is 10.0. The Kier molecular flexibility index (Phi) is 7.00. The van der Waals surface area contributed by atoms with Crippen LogP contribution in [0.3, 0.4) is 0 Å². The molecule has 0 fully saturated rings. The molecule has 0 aliphatic carbocycles. The van der Waals surface area contributed by atoms with Gasteiger partial charge in [0.25, 0.3) is 0 Å². The lowest BCUT2D eigenvalue weighted by molar-refractivity contribution is 0.00803. The van der Waals surface area contributed by atoms with Crippen molar-refractivity contribution >= 4 is 15.9 Å². The molecule has 3 nitrogen and oxygen atoms in total. The number of nitrogens with one attached hydrogen (secondary N) is 1. The van der Waals surface area contributed by atoms with Gasteiger partial charge in [-0.3, -0.25) is 0 Å². The summed E-state index contributed by atoms with van der Waals surface area (Å²) in [5.74, 6) is 0.823. The first-order valence-corrected chi connectivity index (χ1v) is 8.07. The fourth-order valence-electron chi connectivity index (χ4n) is 1.80. The van der Waals surface area contributed by atoms with Crippen LogP contribution in [-0.2, 0) is 0 Å². The first-order chi connectivity index (χ1) is 9.39. The molecule has 0 heterocycles. The summed E-state index contributed by atoms with van der Waals surface area (Å²) in [6.07, 6.45) is 1.77. The number of hydrogen-bond acceptors (Lipinski definition) is 3. The van der Waals surface area contributed by atoms with Gasteiger partial charge in [0, 0.05) is 16.1 Å². The number of halogens is 1. The second-order valence-corrected chi connectivity index (χ2v) is 6.41. The smallest absolute Gasteiger partial charge is 0.125 e. The molecular formula is C16H26BrNO2. The van der Waals surface area contributed by atoms with E-state index in [0.29, 0.717) is 13.0 Å². The summed E-state index contributed by atoms with van der Waals surface area (Å²) in [5.41, 5.74) is 0.327. The molecule has 0 aromatic heterocycles. The number of ether oxygens (including phenoxy) is 1. The minimum Gasteiger partial charge on any atom is -0.490 e. The number of aliphatic hydroxyl groups is 1. The molecule has 20 heavy (non-hydrogen) atoms. The van der Waals surface area contributed by atoms with Gasteiger partial charge >= 0.3 is 0 Å². The maximum atomic E-state index is 10.1. The molecule has 0 saturated heterocycles. The molecule has 0 saturated carbocycles. The maximum absolute atomic E-state index is 10.1. The van der Waals surface area contributed by atoms with Crippen molar-refractivity contribution in [2.45, 2.75) is 52.2 Å². The van der Waals surface area contributed by atoms with Gasteiger partial charge in [0.2, 0.25) is 0 Å². The van der Waals surface area contributed by atoms with Crippen LogP contribution in [0, 0.1) is 0 Å². The lowest BCUT2D eigenvalue weighted by Gasteiger charge is -2.24. The zero-order chi connectivity index (χ0) is 15.2. The Morgan fingerprint density at radius 1 is 1.40 bits per heavy atom. The zero-order valence-corrected chi connectivity index (χ0v) is 14.5. The van der Waals surface area contributed by atoms with Gasteiger partial charge in [0.1, 0.15) is 12.4 Å². The normalized spacial score (nSPS) is 15.7. The molecule has 2 atom stereocenters. The van der Waals surface area contributed by atoms with E-state index in [1.54, 1.807) is 6.92 Å². The first kappa shape index (κ1) is 17.5. The van der Waals surface area contributed by atoms with Gasteiger partial charge in [0.15, 0.2) is 0 Å². The van der Waals surface area contributed by atoms with Crippen molar-refractivity contribution in [3.63, 3.8) is 0 Å². The summed E-state index contributed by atoms with van der Waals surface area (Å²) in [4.78, 5) is 0. The summed E-state index contributed by atoms with van der Waals surface area (Å²) < 4.78 is 6.84. The quantitative estimate of drug-likeness (QED) is 0.748. The van der Waals surface area contributed by atoms with Crippen molar-refractivity contribution in [2.75, 3.05) is 13.2 Å². The first-order valence-electron chi connectivity index (χ1n) is 7.27. The Bertz CT molecular complexity index is 421. The van der Waals surface area contributed by atoms with E-state index in [1.807, 2.05) is 19.1 Å². The zero-order valence-electron chi connectivity index (χ0n) is 12.9. The predicted molar refractivity (Wildman–Crippen MR) is 87.3 cm³/mol. The van der Waals surface area contributed by atoms with Crippen molar-refractivity contribution in [3.05, 3.63) is 28.2 Å². The summed E-state index contributed by atoms with van der Waals surface area (Å²) in [6.45, 7) is 9.30. The molecule has 4 heteroatoms. The second kappa shape index (κ2) is 8.01. The molecule has 0 amide bonds. The summed E-state index contributed by atoms with van der Waals surface area (Å²) >= 11 is 3.47. The van der Waals surface area contributed by atoms with Crippen molar-refractivity contribution in [1.29, 1.82) is 0 Å². The molecular weight excluding hydrogens is 318 g/mol. The molecule has 2 N–H and O–H groups in total. The molecule has 0 spiro atoms. The summed E-state index contributed by atoms with van der Waals surface area (Å²) in [7, 11) is 0. The second-order valence-electron chi connectivity index (χ2n) is 5.50. The van der Waals surface area contributed by atoms with Gasteiger partial charge in [0.05, 0.1) is 5.60 Å². The van der Waals surface area contributed by atoms with Crippen LogP contribution in [0.2, 0.25) is 0 Å². The van der Waals surface area contributed by atoms with Gasteiger partial charge in [-0.05, 0) is 45.4 Å². The van der Waals surface area contributed by atoms with Crippen LogP contribution >= 0.6 is 15.9 Å². The number of benzene rings is 1. The number of rotatable bonds is 8. The molecule has 1 rings (SSSR count). The minimum absolute atomic E-state index is 0.227. The van der Waals surface area contributed by atoms with E-state index in [1.165, 1.54) is 0 Å². The third-order valence-electron chi connectivity index (χ3n) is 3.44. The molecule has 1 aromatic carbocycles. The van der Waals surface area contributed by atoms with E-state index in [9.17, 15) is 5.11 Å². The largest absolute Gasteiger partial charge is 0.490 e. The van der Waals surface area contributed by atoms with Gasteiger partial charge in [-0.2, -0.15) is 0 Å². The molecule has 0 aliphatic rings. The Labute approximate surface area is 130 Å². The van der Waals surface area contributed by atoms with Crippen LogP contribution in [0.25, 0.3) is 0 Å². The standard InChI is InChI=1S/C16H26BrNO2/c1-5-9-18-12(3)14-8-7-13(17)10-15(14)20-11-16(4,19)6-2/h7-8,10,12,18-19H,5-6,9,11H2,1-4H3. The van der Waals surface area contributed by atoms with Gasteiger partial charge < -0.3 is 15.2 Å². The van der Waals surface area contributed by atoms with E-state index in [2.05, 4.69) is 41.2 Å². The van der Waals surface area contributed by atoms with Crippen LogP contribution in [0.15, 0.2) is 22.7 Å². The average molecular weight is 344 g/mol. The Hall–Kier alpha value is -0.580. The Morgan fingerprint density at radius 3 is 2.70 bits per heavy atom. The highest BCUT2D eigenvalue weighted by atomic mass is 79.9. The van der Waals surface area contributed by atoms with E-state index < -0.39 is 5.60 Å². The van der Waals surface area contributed by atoms with Crippen LogP contribution in [0.1, 0.15) is 52.1 Å². The molecule has 0 bridgehead atoms. The highest BCUT2D eigenvalue weighted by molar-refractivity contribution is 9.10. The van der Waals surface area contributed by atoms with E-state index in [0.717, 1.165) is 28.8 Å². The van der Waals surface area contributed by atoms with Crippen LogP contribution in [0.5, 0.6) is 5.75 Å². The predicted octanol–water partition coefficient (Wildman–Crippen LogP) is 4.05. The SMILES string of the molecule is CCCNC(C)c1ccc(Br)cc1OCC(C)(O)CC. The monoisotopic (exact) mass is 343 g/mol. The maximum Gasteiger partial charge on any atom is 0.125 e. The van der Waals surface area contributed by atoms with Gasteiger partial charge in [-0.25, -0.2) is 0 Å². The fourth-order valence-corrected chi connectivity index (χ4v) is 2.14. The van der Waals surface area contributed by atoms with Crippen molar-refractivity contribution in [3.8, 4) is 5.75 Å². The van der Waals surface area contributed by atoms with Crippen LogP contribution in [-0.4, -0.2) is 23.9 Å². The van der Waals surface area contributed by atoms with Crippen LogP contribution < -0.4 is 10.1 Å². The third-order valence-corrected chi connectivity index (χ3v) is 3.94. The average Bonchev–Trinajstić information content (AvgIpc) is 2.42. The lowest BCUT2D eigenvalue weighted by Crippen LogP contribution is -2.31. The molecule has 0 radical (unpaired) electrons. The third kappa shape index (κ3) is 5.43. The fraction of sp³-hybridized carbons (Fsp3) is 0.625. The van der Waals surface area contributed by atoms with E-state index in [4.69, 9.17) is 4.74 Å². The molecule has 0 aliphatic heterocycles. The highest BCUT2D eigenvalue weighted by Crippen LogP contribution is 2.29. The van der Waals surface area contributed by atoms with Gasteiger partial charge in [-0.1, -0.05) is 35.8 Å². The Balaban J connectivity index is 2.84. The number of hydrogen-bond donors (Lipinski definition) is 2. The van der Waals surface area contributed by atoms with Crippen molar-refractivity contribution < 1.29 is 9.84 Å². The van der Waals surface area contributed by atoms with Crippen molar-refractivity contribution in [1.82, 2.24) is 5.32 Å². The van der Waals surface area contributed by atoms with E-state index >= 15 is 0 Å². The Morgan fingerprint density at radius 2 is 2.10 bits per heavy atom. The van der Waals surface area contributed by atoms with Gasteiger partial charge in [-0.15, -0.1) is 0 Å².